The van der Waals surface area contributed by atoms with Crippen LogP contribution in [0, 0.1) is 0 Å². The molecule has 1 N–H and O–H groups in total. The average Bonchev–Trinajstić information content (AvgIpc) is 2.78. The van der Waals surface area contributed by atoms with Gasteiger partial charge in [0.2, 0.25) is 0 Å². The smallest absolute Gasteiger partial charge is 0.414 e. The molecule has 1 aliphatic heterocycles. The first-order valence-electron chi connectivity index (χ1n) is 10.6. The molecule has 0 saturated carbocycles. The molecule has 2 unspecified atom stereocenters. The minimum atomic E-state index is -0.870. The summed E-state index contributed by atoms with van der Waals surface area (Å²) >= 11 is 0. The van der Waals surface area contributed by atoms with Crippen molar-refractivity contribution in [3.63, 3.8) is 0 Å². The van der Waals surface area contributed by atoms with Crippen molar-refractivity contribution >= 4 is 11.9 Å². The second-order valence-electron chi connectivity index (χ2n) is 7.60. The normalized spacial score (nSPS) is 17.4. The van der Waals surface area contributed by atoms with Gasteiger partial charge in [0.05, 0.1) is 12.1 Å². The number of aliphatic hydroxyl groups is 1. The van der Waals surface area contributed by atoms with Crippen molar-refractivity contribution in [2.75, 3.05) is 0 Å². The van der Waals surface area contributed by atoms with Crippen molar-refractivity contribution in [1.29, 1.82) is 0 Å². The zero-order valence-corrected chi connectivity index (χ0v) is 17.4. The summed E-state index contributed by atoms with van der Waals surface area (Å²) in [5.74, 6) is -0.125. The largest absolute Gasteiger partial charge is 0.444 e. The number of hydrogen-bond acceptors (Lipinski definition) is 4. The van der Waals surface area contributed by atoms with Crippen LogP contribution in [0.25, 0.3) is 0 Å². The van der Waals surface area contributed by atoms with Crippen molar-refractivity contribution in [3.05, 3.63) is 83.6 Å². The third-order valence-electron chi connectivity index (χ3n) is 5.36. The van der Waals surface area contributed by atoms with Crippen molar-refractivity contribution in [2.45, 2.75) is 57.8 Å². The topological polar surface area (TPSA) is 66.8 Å². The van der Waals surface area contributed by atoms with Gasteiger partial charge in [-0.05, 0) is 17.5 Å². The van der Waals surface area contributed by atoms with Gasteiger partial charge in [0.1, 0.15) is 6.61 Å². The first-order chi connectivity index (χ1) is 14.6. The van der Waals surface area contributed by atoms with Gasteiger partial charge in [0.25, 0.3) is 0 Å². The molecule has 0 saturated heterocycles. The molecule has 0 spiro atoms. The van der Waals surface area contributed by atoms with Crippen molar-refractivity contribution in [3.8, 4) is 0 Å². The van der Waals surface area contributed by atoms with Crippen molar-refractivity contribution in [2.24, 2.45) is 0 Å². The number of rotatable bonds is 8. The van der Waals surface area contributed by atoms with Crippen LogP contribution in [0.1, 0.15) is 56.2 Å². The molecule has 1 aliphatic rings. The zero-order chi connectivity index (χ0) is 21.3. The van der Waals surface area contributed by atoms with E-state index in [1.807, 2.05) is 60.7 Å². The zero-order valence-electron chi connectivity index (χ0n) is 17.4. The molecule has 5 nitrogen and oxygen atoms in total. The monoisotopic (exact) mass is 407 g/mol. The maximum atomic E-state index is 13.0. The van der Waals surface area contributed by atoms with Crippen LogP contribution >= 0.6 is 0 Å². The standard InChI is InChI=1S/C25H29NO4/c1-2-3-6-15-23(27)21-17-26(25(29)30-18-19-11-7-4-8-12-19)22(16-24(21)28)20-13-9-5-10-14-20/h4-5,7-14,17,22-23,27H,2-3,6,15-16,18H2,1H3. The molecular formula is C25H29NO4. The molecule has 2 aromatic rings. The minimum absolute atomic E-state index is 0.125. The number of nitrogens with zero attached hydrogens (tertiary/aromatic N) is 1. The Labute approximate surface area is 178 Å². The van der Waals surface area contributed by atoms with Crippen LogP contribution in [0.3, 0.4) is 0 Å². The van der Waals surface area contributed by atoms with Gasteiger partial charge in [0, 0.05) is 18.2 Å². The van der Waals surface area contributed by atoms with E-state index >= 15 is 0 Å². The van der Waals surface area contributed by atoms with E-state index in [0.29, 0.717) is 6.42 Å². The summed E-state index contributed by atoms with van der Waals surface area (Å²) in [6.45, 7) is 2.24. The number of unbranched alkanes of at least 4 members (excludes halogenated alkanes) is 2. The van der Waals surface area contributed by atoms with Crippen LogP contribution in [-0.4, -0.2) is 28.0 Å². The molecule has 2 atom stereocenters. The van der Waals surface area contributed by atoms with E-state index in [2.05, 4.69) is 6.92 Å². The molecule has 2 aromatic carbocycles. The number of aliphatic hydroxyl groups excluding tert-OH is 1. The van der Waals surface area contributed by atoms with E-state index in [-0.39, 0.29) is 24.4 Å². The van der Waals surface area contributed by atoms with Crippen molar-refractivity contribution < 1.29 is 19.4 Å². The van der Waals surface area contributed by atoms with E-state index in [9.17, 15) is 14.7 Å². The molecule has 5 heteroatoms. The van der Waals surface area contributed by atoms with Gasteiger partial charge in [-0.25, -0.2) is 4.79 Å². The Hall–Kier alpha value is -2.92. The van der Waals surface area contributed by atoms with Gasteiger partial charge in [0.15, 0.2) is 5.78 Å². The molecule has 158 valence electrons. The van der Waals surface area contributed by atoms with Crippen LogP contribution in [0.15, 0.2) is 72.4 Å². The third kappa shape index (κ3) is 5.57. The van der Waals surface area contributed by atoms with E-state index in [0.717, 1.165) is 30.4 Å². The Balaban J connectivity index is 1.81. The number of benzene rings is 2. The van der Waals surface area contributed by atoms with Gasteiger partial charge in [-0.15, -0.1) is 0 Å². The average molecular weight is 408 g/mol. The van der Waals surface area contributed by atoms with Crippen LogP contribution in [0.5, 0.6) is 0 Å². The predicted molar refractivity (Wildman–Crippen MR) is 116 cm³/mol. The van der Waals surface area contributed by atoms with Crippen LogP contribution in [0.4, 0.5) is 4.79 Å². The van der Waals surface area contributed by atoms with Gasteiger partial charge in [-0.3, -0.25) is 9.69 Å². The Morgan fingerprint density at radius 2 is 1.77 bits per heavy atom. The number of ketones is 1. The van der Waals surface area contributed by atoms with Crippen molar-refractivity contribution in [1.82, 2.24) is 4.90 Å². The lowest BCUT2D eigenvalue weighted by Crippen LogP contribution is -2.38. The van der Waals surface area contributed by atoms with Gasteiger partial charge in [-0.1, -0.05) is 86.8 Å². The summed E-state index contributed by atoms with van der Waals surface area (Å²) < 4.78 is 5.53. The molecular weight excluding hydrogens is 378 g/mol. The minimum Gasteiger partial charge on any atom is -0.444 e. The molecule has 1 amide bonds. The number of ether oxygens (including phenoxy) is 1. The fourth-order valence-corrected chi connectivity index (χ4v) is 3.65. The molecule has 30 heavy (non-hydrogen) atoms. The molecule has 0 aromatic heterocycles. The molecule has 0 radical (unpaired) electrons. The lowest BCUT2D eigenvalue weighted by molar-refractivity contribution is -0.118. The Morgan fingerprint density at radius 1 is 1.10 bits per heavy atom. The fraction of sp³-hybridized carbons (Fsp3) is 0.360. The van der Waals surface area contributed by atoms with E-state index in [1.165, 1.54) is 11.1 Å². The first kappa shape index (κ1) is 21.8. The highest BCUT2D eigenvalue weighted by molar-refractivity contribution is 5.98. The van der Waals surface area contributed by atoms with Crippen LogP contribution in [0.2, 0.25) is 0 Å². The molecule has 0 fully saturated rings. The van der Waals surface area contributed by atoms with Crippen LogP contribution < -0.4 is 0 Å². The predicted octanol–water partition coefficient (Wildman–Crippen LogP) is 5.16. The third-order valence-corrected chi connectivity index (χ3v) is 5.36. The number of hydrogen-bond donors (Lipinski definition) is 1. The number of carbonyl (C=O) groups is 2. The summed E-state index contributed by atoms with van der Waals surface area (Å²) in [5, 5.41) is 10.6. The quantitative estimate of drug-likeness (QED) is 0.614. The number of amides is 1. The SMILES string of the molecule is CCCCCC(O)C1=CN(C(=O)OCc2ccccc2)C(c2ccccc2)CC1=O. The molecule has 0 bridgehead atoms. The van der Waals surface area contributed by atoms with Gasteiger partial charge in [-0.2, -0.15) is 0 Å². The Kier molecular flexibility index (Phi) is 7.80. The van der Waals surface area contributed by atoms with E-state index in [4.69, 9.17) is 4.74 Å². The fourth-order valence-electron chi connectivity index (χ4n) is 3.65. The summed E-state index contributed by atoms with van der Waals surface area (Å²) in [6, 6.07) is 18.5. The van der Waals surface area contributed by atoms with Gasteiger partial charge >= 0.3 is 6.09 Å². The Morgan fingerprint density at radius 3 is 2.43 bits per heavy atom. The summed E-state index contributed by atoms with van der Waals surface area (Å²) in [5.41, 5.74) is 2.03. The van der Waals surface area contributed by atoms with Gasteiger partial charge < -0.3 is 9.84 Å². The maximum Gasteiger partial charge on any atom is 0.414 e. The first-order valence-corrected chi connectivity index (χ1v) is 10.6. The van der Waals surface area contributed by atoms with Crippen LogP contribution in [-0.2, 0) is 16.1 Å². The Bertz CT molecular complexity index is 863. The second kappa shape index (κ2) is 10.7. The summed E-state index contributed by atoms with van der Waals surface area (Å²) in [7, 11) is 0. The lowest BCUT2D eigenvalue weighted by atomic mass is 9.90. The molecule has 1 heterocycles. The number of Topliss-reactive ketones (excluding diaryl/α,β-unsaturated/α-hetero) is 1. The summed E-state index contributed by atoms with van der Waals surface area (Å²) in [4.78, 5) is 27.2. The maximum absolute atomic E-state index is 13.0. The highest BCUT2D eigenvalue weighted by atomic mass is 16.6. The lowest BCUT2D eigenvalue weighted by Gasteiger charge is -2.33. The highest BCUT2D eigenvalue weighted by Crippen LogP contribution is 2.33. The highest BCUT2D eigenvalue weighted by Gasteiger charge is 2.35. The number of carbonyl (C=O) groups excluding carboxylic acids is 2. The van der Waals surface area contributed by atoms with E-state index in [1.54, 1.807) is 0 Å². The summed E-state index contributed by atoms with van der Waals surface area (Å²) in [6.07, 6.45) is 3.59. The molecule has 0 aliphatic carbocycles. The second-order valence-corrected chi connectivity index (χ2v) is 7.60. The van der Waals surface area contributed by atoms with E-state index < -0.39 is 18.2 Å². The molecule has 3 rings (SSSR count).